The van der Waals surface area contributed by atoms with Gasteiger partial charge in [0.2, 0.25) is 0 Å². The number of nitrogens with zero attached hydrogens (tertiary/aromatic N) is 1. The highest BCUT2D eigenvalue weighted by Gasteiger charge is 2.40. The molecule has 0 aromatic heterocycles. The van der Waals surface area contributed by atoms with Crippen LogP contribution in [-0.2, 0) is 16.0 Å². The lowest BCUT2D eigenvalue weighted by Crippen LogP contribution is -2.45. The number of halogens is 1. The second-order valence-corrected chi connectivity index (χ2v) is 7.76. The number of thiocarbonyl (C=S) groups is 1. The van der Waals surface area contributed by atoms with Gasteiger partial charge in [0, 0.05) is 11.4 Å². The molecule has 1 aliphatic rings. The van der Waals surface area contributed by atoms with Crippen molar-refractivity contribution in [2.24, 2.45) is 0 Å². The summed E-state index contributed by atoms with van der Waals surface area (Å²) in [5.74, 6) is -1.48. The molecule has 1 fully saturated rings. The molecule has 1 aliphatic heterocycles. The standard InChI is InChI=1S/C19H14ClNO3S2/c20-14-8-6-13(7-9-14)11-16-17(22)21(19(25)26-16)15(18(23)24)10-12-4-2-1-3-5-12/h1-9,11,15H,10H2,(H,23,24)/b16-11-/t15-/m0/s1. The molecule has 0 saturated carbocycles. The Bertz CT molecular complexity index is 881. The maximum absolute atomic E-state index is 12.8. The Morgan fingerprint density at radius 3 is 2.46 bits per heavy atom. The monoisotopic (exact) mass is 403 g/mol. The second kappa shape index (κ2) is 8.03. The third-order valence-electron chi connectivity index (χ3n) is 3.86. The molecule has 7 heteroatoms. The molecule has 3 rings (SSSR count). The number of amides is 1. The highest BCUT2D eigenvalue weighted by atomic mass is 35.5. The molecule has 0 radical (unpaired) electrons. The van der Waals surface area contributed by atoms with E-state index < -0.39 is 17.9 Å². The van der Waals surface area contributed by atoms with E-state index in [2.05, 4.69) is 0 Å². The maximum Gasteiger partial charge on any atom is 0.327 e. The summed E-state index contributed by atoms with van der Waals surface area (Å²) in [6.07, 6.45) is 1.88. The van der Waals surface area contributed by atoms with Gasteiger partial charge in [-0.05, 0) is 29.3 Å². The highest BCUT2D eigenvalue weighted by Crippen LogP contribution is 2.34. The van der Waals surface area contributed by atoms with Crippen molar-refractivity contribution in [1.82, 2.24) is 4.90 Å². The number of carboxylic acid groups (broad SMARTS) is 1. The molecule has 0 aliphatic carbocycles. The zero-order valence-corrected chi connectivity index (χ0v) is 15.9. The fraction of sp³-hybridized carbons (Fsp3) is 0.105. The summed E-state index contributed by atoms with van der Waals surface area (Å²) in [5.41, 5.74) is 1.63. The van der Waals surface area contributed by atoms with Crippen molar-refractivity contribution in [2.75, 3.05) is 0 Å². The van der Waals surface area contributed by atoms with Gasteiger partial charge >= 0.3 is 5.97 Å². The Morgan fingerprint density at radius 2 is 1.85 bits per heavy atom. The zero-order chi connectivity index (χ0) is 18.7. The lowest BCUT2D eigenvalue weighted by atomic mass is 10.0. The van der Waals surface area contributed by atoms with Gasteiger partial charge in [0.1, 0.15) is 10.4 Å². The highest BCUT2D eigenvalue weighted by molar-refractivity contribution is 8.26. The number of carboxylic acids is 1. The van der Waals surface area contributed by atoms with Crippen LogP contribution in [0.25, 0.3) is 6.08 Å². The number of hydrogen-bond acceptors (Lipinski definition) is 4. The zero-order valence-electron chi connectivity index (χ0n) is 13.5. The van der Waals surface area contributed by atoms with Crippen LogP contribution in [-0.4, -0.2) is 32.2 Å². The van der Waals surface area contributed by atoms with E-state index in [4.69, 9.17) is 23.8 Å². The summed E-state index contributed by atoms with van der Waals surface area (Å²) in [6.45, 7) is 0. The van der Waals surface area contributed by atoms with Crippen LogP contribution >= 0.6 is 35.6 Å². The number of benzene rings is 2. The van der Waals surface area contributed by atoms with Crippen LogP contribution < -0.4 is 0 Å². The first-order valence-electron chi connectivity index (χ1n) is 7.75. The largest absolute Gasteiger partial charge is 0.480 e. The van der Waals surface area contributed by atoms with E-state index in [9.17, 15) is 14.7 Å². The first kappa shape index (κ1) is 18.6. The first-order valence-corrected chi connectivity index (χ1v) is 9.35. The molecule has 0 spiro atoms. The fourth-order valence-electron chi connectivity index (χ4n) is 2.59. The average molecular weight is 404 g/mol. The molecule has 2 aromatic carbocycles. The number of thioether (sulfide) groups is 1. The van der Waals surface area contributed by atoms with Crippen molar-refractivity contribution in [3.8, 4) is 0 Å². The second-order valence-electron chi connectivity index (χ2n) is 5.65. The lowest BCUT2D eigenvalue weighted by Gasteiger charge is -2.23. The van der Waals surface area contributed by atoms with Gasteiger partial charge in [0.05, 0.1) is 4.91 Å². The third kappa shape index (κ3) is 4.15. The van der Waals surface area contributed by atoms with Crippen molar-refractivity contribution in [3.63, 3.8) is 0 Å². The van der Waals surface area contributed by atoms with E-state index in [0.29, 0.717) is 9.93 Å². The smallest absolute Gasteiger partial charge is 0.327 e. The molecule has 2 aromatic rings. The predicted octanol–water partition coefficient (Wildman–Crippen LogP) is 4.24. The van der Waals surface area contributed by atoms with E-state index >= 15 is 0 Å². The quantitative estimate of drug-likeness (QED) is 0.597. The summed E-state index contributed by atoms with van der Waals surface area (Å²) < 4.78 is 0.249. The van der Waals surface area contributed by atoms with Gasteiger partial charge in [-0.2, -0.15) is 0 Å². The van der Waals surface area contributed by atoms with Crippen LogP contribution in [0.3, 0.4) is 0 Å². The number of aliphatic carboxylic acids is 1. The molecule has 26 heavy (non-hydrogen) atoms. The molecule has 132 valence electrons. The molecule has 0 bridgehead atoms. The van der Waals surface area contributed by atoms with Crippen molar-refractivity contribution in [3.05, 3.63) is 75.7 Å². The minimum atomic E-state index is -1.09. The molecule has 1 saturated heterocycles. The number of hydrogen-bond donors (Lipinski definition) is 1. The van der Waals surface area contributed by atoms with E-state index in [1.54, 1.807) is 30.3 Å². The summed E-state index contributed by atoms with van der Waals surface area (Å²) in [4.78, 5) is 26.2. The average Bonchev–Trinajstić information content (AvgIpc) is 2.89. The van der Waals surface area contributed by atoms with Gasteiger partial charge < -0.3 is 5.11 Å². The molecule has 0 unspecified atom stereocenters. The van der Waals surface area contributed by atoms with Crippen molar-refractivity contribution >= 4 is 57.9 Å². The van der Waals surface area contributed by atoms with E-state index in [-0.39, 0.29) is 10.7 Å². The number of rotatable bonds is 5. The van der Waals surface area contributed by atoms with Gasteiger partial charge in [-0.25, -0.2) is 4.79 Å². The fourth-order valence-corrected chi connectivity index (χ4v) is 4.07. The van der Waals surface area contributed by atoms with Crippen molar-refractivity contribution < 1.29 is 14.7 Å². The van der Waals surface area contributed by atoms with Gasteiger partial charge in [0.25, 0.3) is 5.91 Å². The summed E-state index contributed by atoms with van der Waals surface area (Å²) in [6, 6.07) is 15.2. The Hall–Kier alpha value is -2.15. The maximum atomic E-state index is 12.8. The van der Waals surface area contributed by atoms with Gasteiger partial charge in [0.15, 0.2) is 0 Å². The Balaban J connectivity index is 1.86. The topological polar surface area (TPSA) is 57.6 Å². The van der Waals surface area contributed by atoms with Gasteiger partial charge in [-0.15, -0.1) is 0 Å². The predicted molar refractivity (Wildman–Crippen MR) is 108 cm³/mol. The molecule has 1 N–H and O–H groups in total. The Labute approximate surface area is 165 Å². The van der Waals surface area contributed by atoms with Gasteiger partial charge in [-0.1, -0.05) is 78.0 Å². The molecule has 4 nitrogen and oxygen atoms in total. The van der Waals surface area contributed by atoms with Gasteiger partial charge in [-0.3, -0.25) is 9.69 Å². The van der Waals surface area contributed by atoms with Crippen molar-refractivity contribution in [2.45, 2.75) is 12.5 Å². The van der Waals surface area contributed by atoms with Crippen LogP contribution in [0.15, 0.2) is 59.5 Å². The number of carbonyl (C=O) groups is 2. The lowest BCUT2D eigenvalue weighted by molar-refractivity contribution is -0.145. The summed E-state index contributed by atoms with van der Waals surface area (Å²) >= 11 is 12.3. The normalized spacial score (nSPS) is 17.0. The Morgan fingerprint density at radius 1 is 1.19 bits per heavy atom. The third-order valence-corrected chi connectivity index (χ3v) is 5.44. The van der Waals surface area contributed by atoms with E-state index in [1.807, 2.05) is 30.3 Å². The molecule has 1 amide bonds. The van der Waals surface area contributed by atoms with Crippen LogP contribution in [0.5, 0.6) is 0 Å². The molecular weight excluding hydrogens is 390 g/mol. The summed E-state index contributed by atoms with van der Waals surface area (Å²) in [7, 11) is 0. The Kier molecular flexibility index (Phi) is 5.76. The van der Waals surface area contributed by atoms with E-state index in [1.165, 1.54) is 4.90 Å². The van der Waals surface area contributed by atoms with Crippen LogP contribution in [0, 0.1) is 0 Å². The minimum absolute atomic E-state index is 0.191. The van der Waals surface area contributed by atoms with E-state index in [0.717, 1.165) is 22.9 Å². The van der Waals surface area contributed by atoms with Crippen molar-refractivity contribution in [1.29, 1.82) is 0 Å². The molecular formula is C19H14ClNO3S2. The SMILES string of the molecule is O=C(O)[C@H](Cc1ccccc1)N1C(=O)/C(=C/c2ccc(Cl)cc2)SC1=S. The van der Waals surface area contributed by atoms with Crippen LogP contribution in [0.4, 0.5) is 0 Å². The molecule has 1 heterocycles. The van der Waals surface area contributed by atoms with Crippen LogP contribution in [0.2, 0.25) is 5.02 Å². The molecule has 1 atom stereocenters. The summed E-state index contributed by atoms with van der Waals surface area (Å²) in [5, 5.41) is 10.2. The van der Waals surface area contributed by atoms with Crippen LogP contribution in [0.1, 0.15) is 11.1 Å². The minimum Gasteiger partial charge on any atom is -0.480 e. The number of carbonyl (C=O) groups excluding carboxylic acids is 1. The first-order chi connectivity index (χ1) is 12.5.